The minimum Gasteiger partial charge on any atom is -0.374 e. The lowest BCUT2D eigenvalue weighted by atomic mass is 10.3. The number of carbonyl (C=O) groups excluding carboxylic acids is 2. The summed E-state index contributed by atoms with van der Waals surface area (Å²) in [5.41, 5.74) is 0. The van der Waals surface area contributed by atoms with Crippen molar-refractivity contribution < 1.29 is 14.3 Å². The van der Waals surface area contributed by atoms with E-state index in [1.165, 1.54) is 25.5 Å². The molecule has 1 heterocycles. The summed E-state index contributed by atoms with van der Waals surface area (Å²) in [6.07, 6.45) is -0.305. The van der Waals surface area contributed by atoms with Gasteiger partial charge in [0.15, 0.2) is 0 Å². The van der Waals surface area contributed by atoms with Gasteiger partial charge in [-0.3, -0.25) is 9.59 Å². The molecule has 0 saturated carbocycles. The van der Waals surface area contributed by atoms with E-state index in [0.717, 1.165) is 4.88 Å². The van der Waals surface area contributed by atoms with Gasteiger partial charge in [0.2, 0.25) is 0 Å². The Labute approximate surface area is 108 Å². The topological polar surface area (TPSA) is 67.4 Å². The van der Waals surface area contributed by atoms with E-state index < -0.39 is 11.8 Å². The highest BCUT2D eigenvalue weighted by Gasteiger charge is 2.17. The summed E-state index contributed by atoms with van der Waals surface area (Å²) in [7, 11) is 2.93. The highest BCUT2D eigenvalue weighted by molar-refractivity contribution is 7.16. The molecule has 5 nitrogen and oxygen atoms in total. The molecule has 0 aliphatic rings. The zero-order valence-corrected chi connectivity index (χ0v) is 11.0. The zero-order valence-electron chi connectivity index (χ0n) is 9.45. The van der Waals surface area contributed by atoms with Crippen molar-refractivity contribution in [2.24, 2.45) is 0 Å². The molecule has 0 aromatic carbocycles. The van der Waals surface area contributed by atoms with Gasteiger partial charge in [-0.25, -0.2) is 0 Å². The average Bonchev–Trinajstić information content (AvgIpc) is 2.75. The molecule has 1 aromatic rings. The Bertz CT molecular complexity index is 408. The van der Waals surface area contributed by atoms with Crippen LogP contribution < -0.4 is 10.6 Å². The normalized spacial score (nSPS) is 11.9. The molecule has 0 unspecified atom stereocenters. The monoisotopic (exact) mass is 276 g/mol. The molecule has 0 aliphatic heterocycles. The lowest BCUT2D eigenvalue weighted by Gasteiger charge is -2.13. The van der Waals surface area contributed by atoms with Crippen molar-refractivity contribution in [2.45, 2.75) is 6.10 Å². The Hall–Kier alpha value is -1.11. The molecule has 7 heteroatoms. The number of likely N-dealkylation sites (N-methyl/N-ethyl adjacent to an activating group) is 1. The van der Waals surface area contributed by atoms with Crippen LogP contribution >= 0.6 is 22.9 Å². The van der Waals surface area contributed by atoms with E-state index in [4.69, 9.17) is 16.3 Å². The molecule has 1 aromatic heterocycles. The Kier molecular flexibility index (Phi) is 5.40. The van der Waals surface area contributed by atoms with Crippen LogP contribution in [-0.2, 0) is 14.3 Å². The molecule has 0 aliphatic carbocycles. The van der Waals surface area contributed by atoms with E-state index >= 15 is 0 Å². The predicted octanol–water partition coefficient (Wildman–Crippen LogP) is 0.951. The predicted molar refractivity (Wildman–Crippen MR) is 66.2 cm³/mol. The first-order valence-corrected chi connectivity index (χ1v) is 6.06. The molecular weight excluding hydrogens is 264 g/mol. The molecule has 2 amide bonds. The molecule has 0 spiro atoms. The van der Waals surface area contributed by atoms with Crippen LogP contribution in [0.25, 0.3) is 0 Å². The number of methoxy groups -OCH3 is 1. The summed E-state index contributed by atoms with van der Waals surface area (Å²) in [5, 5.41) is 4.72. The second-order valence-corrected chi connectivity index (χ2v) is 4.90. The van der Waals surface area contributed by atoms with Crippen LogP contribution in [0.5, 0.6) is 0 Å². The first-order chi connectivity index (χ1) is 8.08. The highest BCUT2D eigenvalue weighted by atomic mass is 35.5. The molecule has 94 valence electrons. The number of thiophene rings is 1. The third-order valence-electron chi connectivity index (χ3n) is 2.08. The fourth-order valence-corrected chi connectivity index (χ4v) is 2.32. The number of halogens is 1. The second-order valence-electron chi connectivity index (χ2n) is 3.16. The summed E-state index contributed by atoms with van der Waals surface area (Å²) < 4.78 is 5.87. The van der Waals surface area contributed by atoms with Crippen LogP contribution in [0.3, 0.4) is 0 Å². The number of hydrogen-bond acceptors (Lipinski definition) is 4. The summed E-state index contributed by atoms with van der Waals surface area (Å²) in [4.78, 5) is 23.1. The number of nitrogens with one attached hydrogen (secondary N) is 2. The lowest BCUT2D eigenvalue weighted by Crippen LogP contribution is -2.40. The van der Waals surface area contributed by atoms with Gasteiger partial charge in [0.1, 0.15) is 6.10 Å². The summed E-state index contributed by atoms with van der Waals surface area (Å²) in [5.74, 6) is -1.36. The molecule has 0 radical (unpaired) electrons. The first kappa shape index (κ1) is 14.0. The van der Waals surface area contributed by atoms with Crippen LogP contribution in [0.1, 0.15) is 11.0 Å². The van der Waals surface area contributed by atoms with Gasteiger partial charge in [0.25, 0.3) is 0 Å². The molecule has 0 fully saturated rings. The quantitative estimate of drug-likeness (QED) is 0.805. The Balaban J connectivity index is 2.54. The number of ether oxygens (including phenoxy) is 1. The van der Waals surface area contributed by atoms with Crippen molar-refractivity contribution in [1.82, 2.24) is 10.6 Å². The zero-order chi connectivity index (χ0) is 12.8. The molecule has 17 heavy (non-hydrogen) atoms. The van der Waals surface area contributed by atoms with Crippen molar-refractivity contribution in [3.63, 3.8) is 0 Å². The van der Waals surface area contributed by atoms with Crippen molar-refractivity contribution in [3.8, 4) is 0 Å². The molecule has 0 bridgehead atoms. The SMILES string of the molecule is CNC(=O)C(=O)NC[C@@H](OC)c1ccc(Cl)s1. The van der Waals surface area contributed by atoms with Gasteiger partial charge in [-0.05, 0) is 12.1 Å². The van der Waals surface area contributed by atoms with E-state index in [2.05, 4.69) is 10.6 Å². The first-order valence-electron chi connectivity index (χ1n) is 4.86. The fraction of sp³-hybridized carbons (Fsp3) is 0.400. The molecule has 1 atom stereocenters. The van der Waals surface area contributed by atoms with E-state index in [1.54, 1.807) is 6.07 Å². The maximum atomic E-state index is 11.2. The van der Waals surface area contributed by atoms with E-state index in [1.807, 2.05) is 6.07 Å². The van der Waals surface area contributed by atoms with E-state index in [0.29, 0.717) is 4.34 Å². The summed E-state index contributed by atoms with van der Waals surface area (Å²) in [6.45, 7) is 0.222. The minimum absolute atomic E-state index is 0.222. The molecule has 2 N–H and O–H groups in total. The van der Waals surface area contributed by atoms with Gasteiger partial charge < -0.3 is 15.4 Å². The number of carbonyl (C=O) groups is 2. The Morgan fingerprint density at radius 3 is 2.65 bits per heavy atom. The van der Waals surface area contributed by atoms with Gasteiger partial charge in [-0.15, -0.1) is 11.3 Å². The van der Waals surface area contributed by atoms with Crippen LogP contribution in [0, 0.1) is 0 Å². The largest absolute Gasteiger partial charge is 0.374 e. The minimum atomic E-state index is -0.683. The third kappa shape index (κ3) is 3.99. The maximum absolute atomic E-state index is 11.2. The second kappa shape index (κ2) is 6.58. The lowest BCUT2D eigenvalue weighted by molar-refractivity contribution is -0.139. The van der Waals surface area contributed by atoms with Crippen molar-refractivity contribution >= 4 is 34.8 Å². The third-order valence-corrected chi connectivity index (χ3v) is 3.40. The number of rotatable bonds is 4. The Morgan fingerprint density at radius 1 is 1.47 bits per heavy atom. The van der Waals surface area contributed by atoms with Crippen LogP contribution in [-0.4, -0.2) is 32.5 Å². The fourth-order valence-electron chi connectivity index (χ4n) is 1.18. The Morgan fingerprint density at radius 2 is 2.18 bits per heavy atom. The van der Waals surface area contributed by atoms with Gasteiger partial charge in [0, 0.05) is 25.6 Å². The number of amides is 2. The van der Waals surface area contributed by atoms with Gasteiger partial charge in [0.05, 0.1) is 4.34 Å². The maximum Gasteiger partial charge on any atom is 0.309 e. The molecule has 1 rings (SSSR count). The van der Waals surface area contributed by atoms with E-state index in [-0.39, 0.29) is 12.6 Å². The van der Waals surface area contributed by atoms with Crippen LogP contribution in [0.15, 0.2) is 12.1 Å². The average molecular weight is 277 g/mol. The highest BCUT2D eigenvalue weighted by Crippen LogP contribution is 2.28. The van der Waals surface area contributed by atoms with E-state index in [9.17, 15) is 9.59 Å². The molecule has 0 saturated heterocycles. The van der Waals surface area contributed by atoms with Gasteiger partial charge in [-0.1, -0.05) is 11.6 Å². The summed E-state index contributed by atoms with van der Waals surface area (Å²) >= 11 is 7.18. The van der Waals surface area contributed by atoms with Crippen LogP contribution in [0.2, 0.25) is 4.34 Å². The van der Waals surface area contributed by atoms with Crippen molar-refractivity contribution in [3.05, 3.63) is 21.3 Å². The number of hydrogen-bond donors (Lipinski definition) is 2. The standard InChI is InChI=1S/C10H13ClN2O3S/c1-12-9(14)10(15)13-5-6(16-2)7-3-4-8(11)17-7/h3-4,6H,5H2,1-2H3,(H,12,14)(H,13,15)/t6-/m1/s1. The molecular formula is C10H13ClN2O3S. The van der Waals surface area contributed by atoms with Gasteiger partial charge in [-0.2, -0.15) is 0 Å². The van der Waals surface area contributed by atoms with Crippen molar-refractivity contribution in [2.75, 3.05) is 20.7 Å². The van der Waals surface area contributed by atoms with Crippen molar-refractivity contribution in [1.29, 1.82) is 0 Å². The summed E-state index contributed by atoms with van der Waals surface area (Å²) in [6, 6.07) is 3.58. The van der Waals surface area contributed by atoms with Crippen LogP contribution in [0.4, 0.5) is 0 Å². The van der Waals surface area contributed by atoms with Gasteiger partial charge >= 0.3 is 11.8 Å². The smallest absolute Gasteiger partial charge is 0.309 e.